The summed E-state index contributed by atoms with van der Waals surface area (Å²) in [6.45, 7) is 4.25. The van der Waals surface area contributed by atoms with Crippen LogP contribution in [0.25, 0.3) is 11.2 Å². The van der Waals surface area contributed by atoms with Crippen LogP contribution in [-0.2, 0) is 20.6 Å². The van der Waals surface area contributed by atoms with Gasteiger partial charge in [-0.15, -0.1) is 0 Å². The molecule has 5 N–H and O–H groups in total. The maximum Gasteiger partial charge on any atom is 0.350 e. The van der Waals surface area contributed by atoms with Crippen LogP contribution in [0.2, 0.25) is 0 Å². The van der Waals surface area contributed by atoms with Crippen LogP contribution < -0.4 is 5.73 Å². The number of aromatic nitrogens is 4. The Kier molecular flexibility index (Phi) is 12.2. The normalized spacial score (nSPS) is 12.4. The lowest BCUT2D eigenvalue weighted by Gasteiger charge is -2.14. The summed E-state index contributed by atoms with van der Waals surface area (Å²) in [5.41, 5.74) is 6.70. The van der Waals surface area contributed by atoms with Crippen LogP contribution in [0.3, 0.4) is 0 Å². The van der Waals surface area contributed by atoms with Crippen molar-refractivity contribution >= 4 is 30.5 Å². The summed E-state index contributed by atoms with van der Waals surface area (Å²) in [4.78, 5) is 39.6. The molecule has 0 aromatic carbocycles. The van der Waals surface area contributed by atoms with Crippen molar-refractivity contribution in [3.8, 4) is 0 Å². The van der Waals surface area contributed by atoms with Crippen molar-refractivity contribution in [3.63, 3.8) is 0 Å². The number of unbranched alkanes of at least 4 members (excludes halogenated alkanes) is 6. The molecule has 176 valence electrons. The summed E-state index contributed by atoms with van der Waals surface area (Å²) in [7, 11) is -4.16. The summed E-state index contributed by atoms with van der Waals surface area (Å²) in [5.74, 6) is -0.379. The molecule has 0 saturated carbocycles. The molecule has 0 saturated heterocycles. The van der Waals surface area contributed by atoms with E-state index >= 15 is 0 Å². The molecule has 31 heavy (non-hydrogen) atoms. The lowest BCUT2D eigenvalue weighted by atomic mass is 10.1. The van der Waals surface area contributed by atoms with Crippen LogP contribution in [0, 0.1) is 0 Å². The molecule has 0 radical (unpaired) electrons. The van der Waals surface area contributed by atoms with Gasteiger partial charge in [-0.25, -0.2) is 15.0 Å². The van der Waals surface area contributed by atoms with Crippen molar-refractivity contribution < 1.29 is 29.0 Å². The highest BCUT2D eigenvalue weighted by atomic mass is 31.2. The van der Waals surface area contributed by atoms with Crippen LogP contribution in [0.1, 0.15) is 65.2 Å². The zero-order chi connectivity index (χ0) is 23.3. The molecule has 2 aromatic heterocycles. The Morgan fingerprint density at radius 1 is 1.16 bits per heavy atom. The smallest absolute Gasteiger partial charge is 0.350 e. The third-order valence-corrected chi connectivity index (χ3v) is 4.89. The fourth-order valence-electron chi connectivity index (χ4n) is 2.82. The van der Waals surface area contributed by atoms with Crippen molar-refractivity contribution in [1.29, 1.82) is 0 Å². The second-order valence-electron chi connectivity index (χ2n) is 7.36. The molecule has 0 aliphatic carbocycles. The lowest BCUT2D eigenvalue weighted by Crippen LogP contribution is -2.17. The Bertz CT molecular complexity index is 840. The van der Waals surface area contributed by atoms with E-state index in [1.165, 1.54) is 44.8 Å². The number of anilines is 1. The standard InChI is InChI=1S/C10H20O2.C9H14N5O4P/c1-2-3-4-5-6-7-8-9-10(11)12;1-6(18-5-19(15,16)17)2-14-4-13-7-8(10)11-3-12-9(7)14/h2-9H2,1H3,(H,11,12);3-4,6H,2,5H2,1H3,(H2,10,11,12)(H2,15,16,17)/t;6-/m.0/s1. The van der Waals surface area contributed by atoms with Crippen molar-refractivity contribution in [1.82, 2.24) is 19.5 Å². The minimum Gasteiger partial charge on any atom is -0.481 e. The van der Waals surface area contributed by atoms with E-state index in [9.17, 15) is 9.36 Å². The first-order chi connectivity index (χ1) is 14.6. The van der Waals surface area contributed by atoms with E-state index in [1.54, 1.807) is 11.5 Å². The van der Waals surface area contributed by atoms with Crippen LogP contribution in [0.4, 0.5) is 5.82 Å². The van der Waals surface area contributed by atoms with Crippen molar-refractivity contribution in [3.05, 3.63) is 12.7 Å². The number of aliphatic carboxylic acids is 1. The largest absolute Gasteiger partial charge is 0.481 e. The first kappa shape index (κ1) is 27.0. The van der Waals surface area contributed by atoms with Gasteiger partial charge in [-0.05, 0) is 13.3 Å². The van der Waals surface area contributed by atoms with Crippen molar-refractivity contribution in [2.24, 2.45) is 0 Å². The third-order valence-electron chi connectivity index (χ3n) is 4.40. The number of ether oxygens (including phenoxy) is 1. The van der Waals surface area contributed by atoms with Gasteiger partial charge in [0.05, 0.1) is 19.0 Å². The fraction of sp³-hybridized carbons (Fsp3) is 0.684. The van der Waals surface area contributed by atoms with Crippen molar-refractivity contribution in [2.75, 3.05) is 12.1 Å². The van der Waals surface area contributed by atoms with Gasteiger partial charge in [0.1, 0.15) is 18.2 Å². The molecule has 0 spiro atoms. The van der Waals surface area contributed by atoms with E-state index in [-0.39, 0.29) is 5.82 Å². The van der Waals surface area contributed by atoms with Gasteiger partial charge in [0.25, 0.3) is 0 Å². The molecule has 0 fully saturated rings. The lowest BCUT2D eigenvalue weighted by molar-refractivity contribution is -0.137. The van der Waals surface area contributed by atoms with Gasteiger partial charge in [-0.3, -0.25) is 9.36 Å². The number of carboxylic acid groups (broad SMARTS) is 1. The molecule has 11 nitrogen and oxygen atoms in total. The van der Waals surface area contributed by atoms with E-state index < -0.39 is 26.0 Å². The highest BCUT2D eigenvalue weighted by Gasteiger charge is 2.17. The second kappa shape index (κ2) is 14.1. The molecule has 2 heterocycles. The van der Waals surface area contributed by atoms with Crippen LogP contribution in [0.15, 0.2) is 12.7 Å². The number of carbonyl (C=O) groups is 1. The summed E-state index contributed by atoms with van der Waals surface area (Å²) < 4.78 is 17.5. The quantitative estimate of drug-likeness (QED) is 0.257. The number of nitrogen functional groups attached to an aromatic ring is 1. The third kappa shape index (κ3) is 11.8. The van der Waals surface area contributed by atoms with Crippen molar-refractivity contribution in [2.45, 2.75) is 77.9 Å². The predicted molar refractivity (Wildman–Crippen MR) is 117 cm³/mol. The molecule has 12 heteroatoms. The molecule has 1 atom stereocenters. The average Bonchev–Trinajstić information content (AvgIpc) is 3.10. The highest BCUT2D eigenvalue weighted by molar-refractivity contribution is 7.51. The van der Waals surface area contributed by atoms with Crippen LogP contribution >= 0.6 is 7.60 Å². The molecule has 0 aliphatic rings. The molecule has 0 unspecified atom stereocenters. The monoisotopic (exact) mass is 459 g/mol. The fourth-order valence-corrected chi connectivity index (χ4v) is 3.27. The van der Waals surface area contributed by atoms with Gasteiger partial charge in [-0.2, -0.15) is 0 Å². The van der Waals surface area contributed by atoms with E-state index in [4.69, 9.17) is 25.4 Å². The van der Waals surface area contributed by atoms with E-state index in [0.29, 0.717) is 24.1 Å². The van der Waals surface area contributed by atoms with Gasteiger partial charge in [0.15, 0.2) is 11.5 Å². The molecular weight excluding hydrogens is 425 g/mol. The molecule has 0 bridgehead atoms. The zero-order valence-electron chi connectivity index (χ0n) is 18.2. The maximum atomic E-state index is 10.7. The van der Waals surface area contributed by atoms with E-state index in [1.807, 2.05) is 0 Å². The van der Waals surface area contributed by atoms with E-state index in [0.717, 1.165) is 12.8 Å². The number of fused-ring (bicyclic) bond motifs is 1. The summed E-state index contributed by atoms with van der Waals surface area (Å²) >= 11 is 0. The first-order valence-corrected chi connectivity index (χ1v) is 12.2. The molecule has 0 aliphatic heterocycles. The molecule has 0 amide bonds. The number of imidazole rings is 1. The Balaban J connectivity index is 0.000000348. The second-order valence-corrected chi connectivity index (χ2v) is 8.95. The highest BCUT2D eigenvalue weighted by Crippen LogP contribution is 2.34. The maximum absolute atomic E-state index is 10.7. The SMILES string of the molecule is CCCCCCCCCC(=O)O.C[C@@H](Cn1cnc2c(N)ncnc21)OCP(=O)(O)O. The molecule has 2 aromatic rings. The van der Waals surface area contributed by atoms with Gasteiger partial charge < -0.3 is 29.9 Å². The van der Waals surface area contributed by atoms with E-state index in [2.05, 4.69) is 21.9 Å². The molecular formula is C19H34N5O6P. The Hall–Kier alpha value is -2.07. The predicted octanol–water partition coefficient (Wildman–Crippen LogP) is 3.16. The minimum absolute atomic E-state index is 0.285. The minimum atomic E-state index is -4.16. The number of nitrogens with two attached hydrogens (primary N) is 1. The first-order valence-electron chi connectivity index (χ1n) is 10.4. The molecule has 2 rings (SSSR count). The summed E-state index contributed by atoms with van der Waals surface area (Å²) in [5, 5.41) is 8.35. The van der Waals surface area contributed by atoms with Gasteiger partial charge in [-0.1, -0.05) is 45.4 Å². The number of hydrogen-bond acceptors (Lipinski definition) is 7. The number of carboxylic acids is 1. The average molecular weight is 459 g/mol. The topological polar surface area (TPSA) is 174 Å². The van der Waals surface area contributed by atoms with Gasteiger partial charge in [0.2, 0.25) is 0 Å². The number of nitrogens with zero attached hydrogens (tertiary/aromatic N) is 4. The summed E-state index contributed by atoms with van der Waals surface area (Å²) in [6.07, 6.45) is 10.5. The number of hydrogen-bond donors (Lipinski definition) is 4. The Morgan fingerprint density at radius 2 is 1.81 bits per heavy atom. The Labute approximate surface area is 182 Å². The van der Waals surface area contributed by atoms with Crippen LogP contribution in [0.5, 0.6) is 0 Å². The zero-order valence-corrected chi connectivity index (χ0v) is 19.1. The van der Waals surface area contributed by atoms with Gasteiger partial charge >= 0.3 is 13.6 Å². The van der Waals surface area contributed by atoms with Gasteiger partial charge in [0, 0.05) is 6.42 Å². The summed E-state index contributed by atoms with van der Waals surface area (Å²) in [6, 6.07) is 0. The Morgan fingerprint density at radius 3 is 2.42 bits per heavy atom. The van der Waals surface area contributed by atoms with Crippen LogP contribution in [-0.4, -0.2) is 52.8 Å². The number of rotatable bonds is 13.